The Morgan fingerprint density at radius 1 is 1.33 bits per heavy atom. The molecule has 1 aliphatic heterocycles. The van der Waals surface area contributed by atoms with Crippen LogP contribution in [0.1, 0.15) is 24.1 Å². The summed E-state index contributed by atoms with van der Waals surface area (Å²) < 4.78 is 14.1. The molecule has 2 nitrogen and oxygen atoms in total. The number of rotatable bonds is 2. The molecule has 18 heavy (non-hydrogen) atoms. The first-order chi connectivity index (χ1) is 8.11. The Morgan fingerprint density at radius 2 is 1.94 bits per heavy atom. The fourth-order valence-corrected chi connectivity index (χ4v) is 2.62. The van der Waals surface area contributed by atoms with E-state index in [0.29, 0.717) is 16.1 Å². The molecule has 1 saturated heterocycles. The van der Waals surface area contributed by atoms with Crippen LogP contribution >= 0.6 is 24.0 Å². The largest absolute Gasteiger partial charge is 0.314 e. The highest BCUT2D eigenvalue weighted by molar-refractivity contribution is 6.31. The second kappa shape index (κ2) is 6.71. The summed E-state index contributed by atoms with van der Waals surface area (Å²) in [7, 11) is 0. The predicted molar refractivity (Wildman–Crippen MR) is 76.3 cm³/mol. The van der Waals surface area contributed by atoms with Gasteiger partial charge in [0.15, 0.2) is 0 Å². The van der Waals surface area contributed by atoms with Crippen molar-refractivity contribution in [3.63, 3.8) is 0 Å². The molecule has 0 spiro atoms. The van der Waals surface area contributed by atoms with Gasteiger partial charge in [-0.1, -0.05) is 17.7 Å². The van der Waals surface area contributed by atoms with Gasteiger partial charge in [0.05, 0.1) is 0 Å². The van der Waals surface area contributed by atoms with Crippen LogP contribution in [0.5, 0.6) is 0 Å². The van der Waals surface area contributed by atoms with Gasteiger partial charge >= 0.3 is 0 Å². The first-order valence-corrected chi connectivity index (χ1v) is 6.38. The number of piperazine rings is 1. The van der Waals surface area contributed by atoms with E-state index in [9.17, 15) is 4.39 Å². The zero-order chi connectivity index (χ0) is 12.4. The number of hydrogen-bond acceptors (Lipinski definition) is 2. The SMILES string of the molecule is Cc1ccc(Cl)c([C@H](C)N2CCNCC2)c1F.Cl. The molecule has 1 fully saturated rings. The van der Waals surface area contributed by atoms with E-state index in [1.165, 1.54) is 0 Å². The lowest BCUT2D eigenvalue weighted by Gasteiger charge is -2.33. The minimum atomic E-state index is -0.163. The zero-order valence-electron chi connectivity index (χ0n) is 10.7. The molecule has 0 aromatic heterocycles. The number of nitrogens with zero attached hydrogens (tertiary/aromatic N) is 1. The van der Waals surface area contributed by atoms with Gasteiger partial charge in [-0.25, -0.2) is 4.39 Å². The topological polar surface area (TPSA) is 15.3 Å². The van der Waals surface area contributed by atoms with Crippen LogP contribution in [0.15, 0.2) is 12.1 Å². The summed E-state index contributed by atoms with van der Waals surface area (Å²) in [4.78, 5) is 2.26. The zero-order valence-corrected chi connectivity index (χ0v) is 12.2. The number of hydrogen-bond donors (Lipinski definition) is 1. The third-order valence-corrected chi connectivity index (χ3v) is 3.77. The van der Waals surface area contributed by atoms with Gasteiger partial charge in [-0.3, -0.25) is 4.90 Å². The van der Waals surface area contributed by atoms with Gasteiger partial charge in [0.1, 0.15) is 5.82 Å². The molecule has 0 radical (unpaired) electrons. The van der Waals surface area contributed by atoms with Crippen molar-refractivity contribution in [3.05, 3.63) is 34.1 Å². The van der Waals surface area contributed by atoms with Gasteiger partial charge in [-0.05, 0) is 25.5 Å². The molecule has 1 heterocycles. The van der Waals surface area contributed by atoms with E-state index in [1.54, 1.807) is 19.1 Å². The van der Waals surface area contributed by atoms with Crippen molar-refractivity contribution in [1.82, 2.24) is 10.2 Å². The lowest BCUT2D eigenvalue weighted by molar-refractivity contribution is 0.182. The quantitative estimate of drug-likeness (QED) is 0.901. The lowest BCUT2D eigenvalue weighted by atomic mass is 10.0. The van der Waals surface area contributed by atoms with Crippen LogP contribution in [-0.4, -0.2) is 31.1 Å². The predicted octanol–water partition coefficient (Wildman–Crippen LogP) is 3.18. The van der Waals surface area contributed by atoms with E-state index in [2.05, 4.69) is 10.2 Å². The minimum Gasteiger partial charge on any atom is -0.314 e. The molecule has 2 rings (SSSR count). The Morgan fingerprint density at radius 3 is 2.56 bits per heavy atom. The van der Waals surface area contributed by atoms with Crippen LogP contribution in [0.25, 0.3) is 0 Å². The molecule has 0 unspecified atom stereocenters. The molecule has 0 saturated carbocycles. The van der Waals surface area contributed by atoms with E-state index < -0.39 is 0 Å². The van der Waals surface area contributed by atoms with Crippen LogP contribution in [0.2, 0.25) is 5.02 Å². The molecular formula is C13H19Cl2FN2. The van der Waals surface area contributed by atoms with Crippen molar-refractivity contribution in [2.24, 2.45) is 0 Å². The summed E-state index contributed by atoms with van der Waals surface area (Å²) >= 11 is 6.13. The fraction of sp³-hybridized carbons (Fsp3) is 0.538. The molecule has 0 bridgehead atoms. The summed E-state index contributed by atoms with van der Waals surface area (Å²) in [6.45, 7) is 7.58. The Labute approximate surface area is 119 Å². The molecule has 1 aliphatic rings. The first-order valence-electron chi connectivity index (χ1n) is 6.00. The van der Waals surface area contributed by atoms with Crippen molar-refractivity contribution in [2.75, 3.05) is 26.2 Å². The van der Waals surface area contributed by atoms with Crippen molar-refractivity contribution in [3.8, 4) is 0 Å². The van der Waals surface area contributed by atoms with Gasteiger partial charge in [-0.15, -0.1) is 12.4 Å². The second-order valence-electron chi connectivity index (χ2n) is 4.55. The summed E-state index contributed by atoms with van der Waals surface area (Å²) in [6.07, 6.45) is 0. The highest BCUT2D eigenvalue weighted by Gasteiger charge is 2.23. The second-order valence-corrected chi connectivity index (χ2v) is 4.96. The van der Waals surface area contributed by atoms with Crippen LogP contribution in [-0.2, 0) is 0 Å². The van der Waals surface area contributed by atoms with E-state index in [-0.39, 0.29) is 24.3 Å². The number of aryl methyl sites for hydroxylation is 1. The molecule has 102 valence electrons. The molecule has 1 aromatic carbocycles. The van der Waals surface area contributed by atoms with E-state index in [1.807, 2.05) is 6.92 Å². The smallest absolute Gasteiger partial charge is 0.132 e. The van der Waals surface area contributed by atoms with E-state index in [4.69, 9.17) is 11.6 Å². The number of nitrogens with one attached hydrogen (secondary N) is 1. The maximum Gasteiger partial charge on any atom is 0.132 e. The Hall–Kier alpha value is -0.350. The van der Waals surface area contributed by atoms with E-state index >= 15 is 0 Å². The average Bonchev–Trinajstić information content (AvgIpc) is 2.35. The third kappa shape index (κ3) is 3.15. The van der Waals surface area contributed by atoms with Crippen LogP contribution in [0.4, 0.5) is 4.39 Å². The van der Waals surface area contributed by atoms with Gasteiger partial charge < -0.3 is 5.32 Å². The van der Waals surface area contributed by atoms with Crippen LogP contribution in [0, 0.1) is 12.7 Å². The molecule has 0 amide bonds. The van der Waals surface area contributed by atoms with Gasteiger partial charge in [-0.2, -0.15) is 0 Å². The maximum atomic E-state index is 14.1. The first kappa shape index (κ1) is 15.7. The number of halogens is 3. The highest BCUT2D eigenvalue weighted by atomic mass is 35.5. The van der Waals surface area contributed by atoms with Crippen LogP contribution in [0.3, 0.4) is 0 Å². The van der Waals surface area contributed by atoms with Crippen molar-refractivity contribution in [1.29, 1.82) is 0 Å². The van der Waals surface area contributed by atoms with Gasteiger partial charge in [0.2, 0.25) is 0 Å². The summed E-state index contributed by atoms with van der Waals surface area (Å²) in [5, 5.41) is 3.82. The fourth-order valence-electron chi connectivity index (χ4n) is 2.31. The Balaban J connectivity index is 0.00000162. The molecule has 1 atom stereocenters. The maximum absolute atomic E-state index is 14.1. The lowest BCUT2D eigenvalue weighted by Crippen LogP contribution is -2.44. The molecule has 0 aliphatic carbocycles. The average molecular weight is 293 g/mol. The van der Waals surface area contributed by atoms with Crippen molar-refractivity contribution in [2.45, 2.75) is 19.9 Å². The van der Waals surface area contributed by atoms with Crippen LogP contribution < -0.4 is 5.32 Å². The summed E-state index contributed by atoms with van der Waals surface area (Å²) in [5.74, 6) is -0.163. The molecular weight excluding hydrogens is 274 g/mol. The van der Waals surface area contributed by atoms with Gasteiger partial charge in [0.25, 0.3) is 0 Å². The summed E-state index contributed by atoms with van der Waals surface area (Å²) in [6, 6.07) is 3.55. The molecule has 1 N–H and O–H groups in total. The monoisotopic (exact) mass is 292 g/mol. The van der Waals surface area contributed by atoms with Crippen molar-refractivity contribution >= 4 is 24.0 Å². The number of benzene rings is 1. The van der Waals surface area contributed by atoms with Crippen molar-refractivity contribution < 1.29 is 4.39 Å². The molecule has 5 heteroatoms. The Kier molecular flexibility index (Phi) is 5.86. The third-order valence-electron chi connectivity index (χ3n) is 3.44. The van der Waals surface area contributed by atoms with Gasteiger partial charge in [0, 0.05) is 42.8 Å². The minimum absolute atomic E-state index is 0. The molecule has 1 aromatic rings. The highest BCUT2D eigenvalue weighted by Crippen LogP contribution is 2.31. The standard InChI is InChI=1S/C13H18ClFN2.ClH/c1-9-3-4-11(14)12(13(9)15)10(2)17-7-5-16-6-8-17;/h3-4,10,16H,5-8H2,1-2H3;1H/t10-;/m0./s1. The normalized spacial score (nSPS) is 18.2. The Bertz CT molecular complexity index is 406. The van der Waals surface area contributed by atoms with E-state index in [0.717, 1.165) is 26.2 Å². The summed E-state index contributed by atoms with van der Waals surface area (Å²) in [5.41, 5.74) is 1.29.